The zero-order chi connectivity index (χ0) is 21.4. The summed E-state index contributed by atoms with van der Waals surface area (Å²) in [6, 6.07) is 12.5. The van der Waals surface area contributed by atoms with Crippen LogP contribution in [0.4, 0.5) is 5.69 Å². The fourth-order valence-electron chi connectivity index (χ4n) is 3.95. The molecule has 0 saturated carbocycles. The van der Waals surface area contributed by atoms with E-state index in [2.05, 4.69) is 28.5 Å². The van der Waals surface area contributed by atoms with Gasteiger partial charge in [-0.25, -0.2) is 4.98 Å². The summed E-state index contributed by atoms with van der Waals surface area (Å²) in [5, 5.41) is 3.16. The number of rotatable bonds is 3. The highest BCUT2D eigenvalue weighted by molar-refractivity contribution is 7.20. The van der Waals surface area contributed by atoms with E-state index in [0.29, 0.717) is 16.4 Å². The molecule has 1 aliphatic heterocycles. The van der Waals surface area contributed by atoms with Gasteiger partial charge in [-0.15, -0.1) is 11.3 Å². The summed E-state index contributed by atoms with van der Waals surface area (Å²) in [5.41, 5.74) is 2.64. The number of hydrogen-bond donors (Lipinski definition) is 1. The summed E-state index contributed by atoms with van der Waals surface area (Å²) in [7, 11) is 1.69. The first-order chi connectivity index (χ1) is 15.1. The van der Waals surface area contributed by atoms with Crippen LogP contribution in [-0.4, -0.2) is 36.5 Å². The second-order valence-corrected chi connectivity index (χ2v) is 8.57. The number of carbonyl (C=O) groups excluding carboxylic acids is 2. The first-order valence-electron chi connectivity index (χ1n) is 10.1. The highest BCUT2D eigenvalue weighted by Crippen LogP contribution is 2.34. The van der Waals surface area contributed by atoms with Crippen molar-refractivity contribution in [2.45, 2.75) is 18.4 Å². The van der Waals surface area contributed by atoms with Crippen molar-refractivity contribution in [1.29, 1.82) is 0 Å². The van der Waals surface area contributed by atoms with Gasteiger partial charge in [-0.1, -0.05) is 48.6 Å². The molecule has 1 unspecified atom stereocenters. The summed E-state index contributed by atoms with van der Waals surface area (Å²) >= 11 is 1.36. The van der Waals surface area contributed by atoms with Crippen molar-refractivity contribution in [2.24, 2.45) is 0 Å². The third-order valence-corrected chi connectivity index (χ3v) is 6.70. The van der Waals surface area contributed by atoms with Crippen molar-refractivity contribution >= 4 is 39.1 Å². The van der Waals surface area contributed by atoms with Gasteiger partial charge in [-0.2, -0.15) is 0 Å². The quantitative estimate of drug-likeness (QED) is 0.679. The first kappa shape index (κ1) is 19.5. The van der Waals surface area contributed by atoms with E-state index in [-0.39, 0.29) is 24.3 Å². The molecular formula is C24H21N3O3S. The Labute approximate surface area is 183 Å². The average Bonchev–Trinajstić information content (AvgIpc) is 3.22. The van der Waals surface area contributed by atoms with Gasteiger partial charge < -0.3 is 15.0 Å². The zero-order valence-corrected chi connectivity index (χ0v) is 17.8. The van der Waals surface area contributed by atoms with E-state index in [4.69, 9.17) is 4.74 Å². The Bertz CT molecular complexity index is 1230. The van der Waals surface area contributed by atoms with E-state index < -0.39 is 6.04 Å². The zero-order valence-electron chi connectivity index (χ0n) is 16.9. The molecule has 7 heteroatoms. The molecule has 31 heavy (non-hydrogen) atoms. The van der Waals surface area contributed by atoms with Crippen molar-refractivity contribution in [3.8, 4) is 5.75 Å². The van der Waals surface area contributed by atoms with E-state index in [1.807, 2.05) is 48.6 Å². The molecule has 2 heterocycles. The number of nitrogens with one attached hydrogen (secondary N) is 1. The summed E-state index contributed by atoms with van der Waals surface area (Å²) in [5.74, 6) is 0.301. The molecule has 2 aromatic carbocycles. The molecule has 1 aliphatic carbocycles. The van der Waals surface area contributed by atoms with Crippen LogP contribution in [0.2, 0.25) is 0 Å². The Hall–Kier alpha value is -3.45. The van der Waals surface area contributed by atoms with Gasteiger partial charge >= 0.3 is 0 Å². The number of anilines is 1. The van der Waals surface area contributed by atoms with Crippen LogP contribution >= 0.6 is 11.3 Å². The number of hydrogen-bond acceptors (Lipinski definition) is 5. The predicted molar refractivity (Wildman–Crippen MR) is 122 cm³/mol. The van der Waals surface area contributed by atoms with Crippen LogP contribution in [-0.2, 0) is 4.79 Å². The number of ether oxygens (including phenoxy) is 1. The van der Waals surface area contributed by atoms with Gasteiger partial charge in [0, 0.05) is 13.0 Å². The number of thiazole rings is 1. The van der Waals surface area contributed by atoms with Crippen molar-refractivity contribution in [3.63, 3.8) is 0 Å². The lowest BCUT2D eigenvalue weighted by molar-refractivity contribution is -0.120. The third kappa shape index (κ3) is 3.61. The fraction of sp³-hybridized carbons (Fsp3) is 0.208. The van der Waals surface area contributed by atoms with Gasteiger partial charge in [0.2, 0.25) is 0 Å². The predicted octanol–water partition coefficient (Wildman–Crippen LogP) is 4.05. The maximum atomic E-state index is 13.0. The minimum absolute atomic E-state index is 0.0707. The molecule has 1 aromatic heterocycles. The van der Waals surface area contributed by atoms with Crippen molar-refractivity contribution in [3.05, 3.63) is 77.3 Å². The van der Waals surface area contributed by atoms with Crippen LogP contribution in [0.5, 0.6) is 5.75 Å². The van der Waals surface area contributed by atoms with E-state index in [9.17, 15) is 9.59 Å². The highest BCUT2D eigenvalue weighted by Gasteiger charge is 2.31. The topological polar surface area (TPSA) is 71.5 Å². The summed E-state index contributed by atoms with van der Waals surface area (Å²) in [6.07, 6.45) is 9.33. The van der Waals surface area contributed by atoms with Gasteiger partial charge in [0.05, 0.1) is 15.9 Å². The Kier molecular flexibility index (Phi) is 5.03. The summed E-state index contributed by atoms with van der Waals surface area (Å²) in [4.78, 5) is 32.0. The Morgan fingerprint density at radius 2 is 2.06 bits per heavy atom. The molecule has 3 aromatic rings. The van der Waals surface area contributed by atoms with Crippen molar-refractivity contribution in [1.82, 2.24) is 10.3 Å². The molecule has 0 spiro atoms. The van der Waals surface area contributed by atoms with Gasteiger partial charge in [-0.05, 0) is 30.2 Å². The highest BCUT2D eigenvalue weighted by atomic mass is 32.1. The Morgan fingerprint density at radius 3 is 2.90 bits per heavy atom. The average molecular weight is 432 g/mol. The van der Waals surface area contributed by atoms with Crippen LogP contribution in [0.3, 0.4) is 0 Å². The lowest BCUT2D eigenvalue weighted by Gasteiger charge is -2.19. The first-order valence-corrected chi connectivity index (χ1v) is 11.0. The number of carbonyl (C=O) groups is 2. The monoisotopic (exact) mass is 431 g/mol. The SMILES string of the molecule is CN1C(=O)[C@@H](NC(=O)c2nc3cccc(C4C=CC=CC4)c3s2)COc2ccccc21. The van der Waals surface area contributed by atoms with Crippen molar-refractivity contribution < 1.29 is 14.3 Å². The number of benzene rings is 2. The van der Waals surface area contributed by atoms with E-state index in [1.165, 1.54) is 21.8 Å². The number of aromatic nitrogens is 1. The molecular weight excluding hydrogens is 410 g/mol. The van der Waals surface area contributed by atoms with Crippen LogP contribution in [0.1, 0.15) is 27.7 Å². The van der Waals surface area contributed by atoms with Gasteiger partial charge in [-0.3, -0.25) is 9.59 Å². The molecule has 0 saturated heterocycles. The normalized spacial score (nSPS) is 20.3. The molecule has 5 rings (SSSR count). The molecule has 2 aliphatic rings. The van der Waals surface area contributed by atoms with Crippen LogP contribution in [0.25, 0.3) is 10.2 Å². The number of fused-ring (bicyclic) bond motifs is 2. The third-order valence-electron chi connectivity index (χ3n) is 5.59. The maximum Gasteiger partial charge on any atom is 0.281 e. The minimum Gasteiger partial charge on any atom is -0.489 e. The lowest BCUT2D eigenvalue weighted by atomic mass is 9.92. The van der Waals surface area contributed by atoms with Crippen molar-refractivity contribution in [2.75, 3.05) is 18.6 Å². The Balaban J connectivity index is 1.39. The molecule has 2 amide bonds. The maximum absolute atomic E-state index is 13.0. The number of likely N-dealkylation sites (N-methyl/N-ethyl adjacent to an activating group) is 1. The van der Waals surface area contributed by atoms with Crippen LogP contribution in [0, 0.1) is 0 Å². The molecule has 0 fully saturated rings. The molecule has 1 N–H and O–H groups in total. The largest absolute Gasteiger partial charge is 0.489 e. The lowest BCUT2D eigenvalue weighted by Crippen LogP contribution is -2.49. The smallest absolute Gasteiger partial charge is 0.281 e. The second kappa shape index (κ2) is 8.00. The van der Waals surface area contributed by atoms with Gasteiger partial charge in [0.15, 0.2) is 5.01 Å². The number of para-hydroxylation sites is 2. The molecule has 6 nitrogen and oxygen atoms in total. The van der Waals surface area contributed by atoms with E-state index in [1.54, 1.807) is 7.05 Å². The number of amides is 2. The summed E-state index contributed by atoms with van der Waals surface area (Å²) < 4.78 is 6.79. The minimum atomic E-state index is -0.789. The van der Waals surface area contributed by atoms with Crippen LogP contribution in [0.15, 0.2) is 66.8 Å². The number of nitrogens with zero attached hydrogens (tertiary/aromatic N) is 2. The standard InChI is InChI=1S/C24H21N3O3S/c1-27-19-12-5-6-13-20(19)30-14-18(24(27)29)25-22(28)23-26-17-11-7-10-16(21(17)31-23)15-8-3-2-4-9-15/h2-8,10-13,15,18H,9,14H2,1H3,(H,25,28)/t15?,18-/m0/s1. The molecule has 156 valence electrons. The van der Waals surface area contributed by atoms with Crippen LogP contribution < -0.4 is 15.0 Å². The second-order valence-electron chi connectivity index (χ2n) is 7.57. The number of allylic oxidation sites excluding steroid dienone is 4. The Morgan fingerprint density at radius 1 is 1.19 bits per heavy atom. The summed E-state index contributed by atoms with van der Waals surface area (Å²) in [6.45, 7) is 0.0707. The molecule has 2 atom stereocenters. The fourth-order valence-corrected chi connectivity index (χ4v) is 4.99. The van der Waals surface area contributed by atoms with E-state index in [0.717, 1.165) is 16.6 Å². The molecule has 0 radical (unpaired) electrons. The van der Waals surface area contributed by atoms with Gasteiger partial charge in [0.1, 0.15) is 18.4 Å². The molecule has 0 bridgehead atoms. The van der Waals surface area contributed by atoms with E-state index >= 15 is 0 Å². The van der Waals surface area contributed by atoms with Gasteiger partial charge in [0.25, 0.3) is 11.8 Å².